The first-order valence-corrected chi connectivity index (χ1v) is 8.31. The molecule has 1 heterocycles. The molecule has 1 amide bonds. The van der Waals surface area contributed by atoms with Gasteiger partial charge >= 0.3 is 0 Å². The molecule has 0 atom stereocenters. The summed E-state index contributed by atoms with van der Waals surface area (Å²) in [6, 6.07) is 15.7. The summed E-state index contributed by atoms with van der Waals surface area (Å²) in [4.78, 5) is 12.4. The van der Waals surface area contributed by atoms with E-state index in [9.17, 15) is 13.2 Å². The number of carbonyl (C=O) groups is 1. The number of amides is 1. The van der Waals surface area contributed by atoms with Crippen molar-refractivity contribution in [1.82, 2.24) is 9.73 Å². The molecule has 0 spiro atoms. The topological polar surface area (TPSA) is 92.5 Å². The van der Waals surface area contributed by atoms with Gasteiger partial charge in [-0.3, -0.25) is 14.5 Å². The Balaban J connectivity index is 2.44. The van der Waals surface area contributed by atoms with E-state index >= 15 is 0 Å². The minimum Gasteiger partial charge on any atom is -0.289 e. The molecule has 0 aromatic heterocycles. The van der Waals surface area contributed by atoms with Crippen LogP contribution in [0, 0.1) is 0 Å². The summed E-state index contributed by atoms with van der Waals surface area (Å²) in [5, 5.41) is 0. The zero-order chi connectivity index (χ0) is 16.6. The monoisotopic (exact) mass is 329 g/mol. The summed E-state index contributed by atoms with van der Waals surface area (Å²) in [5.74, 6) is 4.60. The largest absolute Gasteiger partial charge is 0.289 e. The van der Waals surface area contributed by atoms with Crippen LogP contribution in [0.1, 0.15) is 11.1 Å². The number of rotatable bonds is 2. The average molecular weight is 329 g/mol. The number of nitrogens with two attached hydrogens (primary N) is 1. The van der Waals surface area contributed by atoms with E-state index in [2.05, 4.69) is 0 Å². The van der Waals surface area contributed by atoms with Gasteiger partial charge < -0.3 is 0 Å². The predicted molar refractivity (Wildman–Crippen MR) is 86.2 cm³/mol. The second-order valence-corrected chi connectivity index (χ2v) is 6.97. The van der Waals surface area contributed by atoms with E-state index < -0.39 is 15.9 Å². The fourth-order valence-electron chi connectivity index (χ4n) is 2.67. The lowest BCUT2D eigenvalue weighted by molar-refractivity contribution is -0.118. The molecule has 6 nitrogen and oxygen atoms in total. The Morgan fingerprint density at radius 3 is 2.30 bits per heavy atom. The first-order chi connectivity index (χ1) is 11.0. The van der Waals surface area contributed by atoms with E-state index in [0.29, 0.717) is 11.1 Å². The van der Waals surface area contributed by atoms with E-state index in [1.165, 1.54) is 13.1 Å². The number of sulfonamides is 1. The fourth-order valence-corrected chi connectivity index (χ4v) is 4.08. The second kappa shape index (κ2) is 5.53. The summed E-state index contributed by atoms with van der Waals surface area (Å²) < 4.78 is 26.3. The number of nitrogens with zero attached hydrogens (tertiary/aromatic N) is 1. The molecule has 2 aromatic carbocycles. The fraction of sp³-hybridized carbons (Fsp3) is 0.0625. The first-order valence-electron chi connectivity index (χ1n) is 6.87. The maximum Gasteiger partial charge on any atom is 0.283 e. The van der Waals surface area contributed by atoms with Gasteiger partial charge in [0, 0.05) is 18.2 Å². The highest BCUT2D eigenvalue weighted by atomic mass is 32.2. The Morgan fingerprint density at radius 1 is 1.04 bits per heavy atom. The molecule has 0 saturated carbocycles. The van der Waals surface area contributed by atoms with Gasteiger partial charge in [0.1, 0.15) is 5.70 Å². The van der Waals surface area contributed by atoms with Crippen LogP contribution < -0.4 is 11.3 Å². The van der Waals surface area contributed by atoms with Gasteiger partial charge in [-0.2, -0.15) is 0 Å². The van der Waals surface area contributed by atoms with Crippen LogP contribution in [-0.2, 0) is 14.8 Å². The summed E-state index contributed by atoms with van der Waals surface area (Å²) in [5.41, 5.74) is 3.78. The van der Waals surface area contributed by atoms with Crippen LogP contribution in [-0.4, -0.2) is 25.7 Å². The van der Waals surface area contributed by atoms with Crippen molar-refractivity contribution in [3.63, 3.8) is 0 Å². The van der Waals surface area contributed by atoms with Gasteiger partial charge in [0.25, 0.3) is 15.9 Å². The molecule has 2 aromatic rings. The molecule has 0 fully saturated rings. The third-order valence-corrected chi connectivity index (χ3v) is 5.57. The number of likely N-dealkylation sites (N-methyl/N-ethyl adjacent to an activating group) is 1. The summed E-state index contributed by atoms with van der Waals surface area (Å²) in [6.45, 7) is 0. The Bertz CT molecular complexity index is 905. The van der Waals surface area contributed by atoms with E-state index in [4.69, 9.17) is 5.84 Å². The first kappa shape index (κ1) is 15.3. The molecule has 3 N–H and O–H groups in total. The second-order valence-electron chi connectivity index (χ2n) is 5.03. The van der Waals surface area contributed by atoms with E-state index in [-0.39, 0.29) is 10.6 Å². The maximum atomic E-state index is 12.7. The lowest BCUT2D eigenvalue weighted by Crippen LogP contribution is -2.42. The molecular formula is C16H15N3O3S. The molecule has 0 aliphatic carbocycles. The van der Waals surface area contributed by atoms with Crippen LogP contribution in [0.2, 0.25) is 0 Å². The van der Waals surface area contributed by atoms with Gasteiger partial charge in [-0.15, -0.1) is 0 Å². The van der Waals surface area contributed by atoms with Crippen molar-refractivity contribution in [3.05, 3.63) is 71.4 Å². The normalized spacial score (nSPS) is 16.0. The highest BCUT2D eigenvalue weighted by Crippen LogP contribution is 2.39. The van der Waals surface area contributed by atoms with Crippen molar-refractivity contribution >= 4 is 21.5 Å². The number of carbonyl (C=O) groups excluding carboxylic acids is 1. The van der Waals surface area contributed by atoms with Crippen molar-refractivity contribution in [1.29, 1.82) is 0 Å². The SMILES string of the molecule is CN1C(C(=O)NN)=C(c2ccccc2)c2ccccc2S1(=O)=O. The predicted octanol–water partition coefficient (Wildman–Crippen LogP) is 1.07. The number of hydrogen-bond acceptors (Lipinski definition) is 4. The Hall–Kier alpha value is -2.64. The zero-order valence-corrected chi connectivity index (χ0v) is 13.2. The van der Waals surface area contributed by atoms with Crippen LogP contribution in [0.15, 0.2) is 65.2 Å². The van der Waals surface area contributed by atoms with Crippen molar-refractivity contribution < 1.29 is 13.2 Å². The maximum absolute atomic E-state index is 12.7. The van der Waals surface area contributed by atoms with Crippen molar-refractivity contribution in [3.8, 4) is 0 Å². The molecular weight excluding hydrogens is 314 g/mol. The number of fused-ring (bicyclic) bond motifs is 1. The Kier molecular flexibility index (Phi) is 3.67. The third kappa shape index (κ3) is 2.30. The lowest BCUT2D eigenvalue weighted by atomic mass is 9.95. The van der Waals surface area contributed by atoms with Crippen LogP contribution in [0.25, 0.3) is 5.57 Å². The summed E-state index contributed by atoms with van der Waals surface area (Å²) in [6.07, 6.45) is 0. The van der Waals surface area contributed by atoms with Crippen LogP contribution in [0.3, 0.4) is 0 Å². The van der Waals surface area contributed by atoms with E-state index in [1.54, 1.807) is 18.2 Å². The Labute approximate surface area is 134 Å². The summed E-state index contributed by atoms with van der Waals surface area (Å²) >= 11 is 0. The average Bonchev–Trinajstić information content (AvgIpc) is 2.58. The number of hydrogen-bond donors (Lipinski definition) is 2. The van der Waals surface area contributed by atoms with E-state index in [1.807, 2.05) is 35.8 Å². The number of hydrazine groups is 1. The molecule has 7 heteroatoms. The van der Waals surface area contributed by atoms with Crippen molar-refractivity contribution in [2.45, 2.75) is 4.90 Å². The smallest absolute Gasteiger partial charge is 0.283 e. The van der Waals surface area contributed by atoms with Gasteiger partial charge in [0.2, 0.25) is 0 Å². The molecule has 1 aliphatic rings. The van der Waals surface area contributed by atoms with Gasteiger partial charge in [-0.25, -0.2) is 14.3 Å². The highest BCUT2D eigenvalue weighted by Gasteiger charge is 2.37. The number of benzene rings is 2. The van der Waals surface area contributed by atoms with Crippen molar-refractivity contribution in [2.24, 2.45) is 5.84 Å². The number of nitrogens with one attached hydrogen (secondary N) is 1. The standard InChI is InChI=1S/C16H15N3O3S/c1-19-15(16(20)18-17)14(11-7-3-2-4-8-11)12-9-5-6-10-13(12)23(19,21)22/h2-10H,17H2,1H3,(H,18,20). The quantitative estimate of drug-likeness (QED) is 0.490. The van der Waals surface area contributed by atoms with Crippen LogP contribution in [0.5, 0.6) is 0 Å². The minimum absolute atomic E-state index is 0.00241. The van der Waals surface area contributed by atoms with Gasteiger partial charge in [-0.1, -0.05) is 48.5 Å². The van der Waals surface area contributed by atoms with Crippen LogP contribution >= 0.6 is 0 Å². The van der Waals surface area contributed by atoms with Gasteiger partial charge in [0.15, 0.2) is 0 Å². The molecule has 0 radical (unpaired) electrons. The van der Waals surface area contributed by atoms with Crippen molar-refractivity contribution in [2.75, 3.05) is 7.05 Å². The molecule has 23 heavy (non-hydrogen) atoms. The molecule has 3 rings (SSSR count). The highest BCUT2D eigenvalue weighted by molar-refractivity contribution is 7.89. The minimum atomic E-state index is -3.81. The van der Waals surface area contributed by atoms with E-state index in [0.717, 1.165) is 9.87 Å². The molecule has 1 aliphatic heterocycles. The van der Waals surface area contributed by atoms with Gasteiger partial charge in [0.05, 0.1) is 4.90 Å². The lowest BCUT2D eigenvalue weighted by Gasteiger charge is -2.30. The summed E-state index contributed by atoms with van der Waals surface area (Å²) in [7, 11) is -2.46. The molecule has 0 saturated heterocycles. The molecule has 0 bridgehead atoms. The Morgan fingerprint density at radius 2 is 1.65 bits per heavy atom. The molecule has 118 valence electrons. The van der Waals surface area contributed by atoms with Gasteiger partial charge in [-0.05, 0) is 11.6 Å². The third-order valence-electron chi connectivity index (χ3n) is 3.76. The molecule has 0 unspecified atom stereocenters. The van der Waals surface area contributed by atoms with Crippen LogP contribution in [0.4, 0.5) is 0 Å². The zero-order valence-electron chi connectivity index (χ0n) is 12.4.